The van der Waals surface area contributed by atoms with Gasteiger partial charge in [0.05, 0.1) is 11.9 Å². The molecule has 0 saturated heterocycles. The maximum Gasteiger partial charge on any atom is 0.223 e. The molecule has 0 atom stereocenters. The summed E-state index contributed by atoms with van der Waals surface area (Å²) in [7, 11) is 0. The molecule has 1 rings (SSSR count). The van der Waals surface area contributed by atoms with Crippen LogP contribution in [-0.4, -0.2) is 16.5 Å². The first-order valence-electron chi connectivity index (χ1n) is 4.72. The van der Waals surface area contributed by atoms with E-state index in [1.54, 1.807) is 0 Å². The number of hydrogen-bond donors (Lipinski definition) is 1. The van der Waals surface area contributed by atoms with E-state index in [0.717, 1.165) is 6.54 Å². The summed E-state index contributed by atoms with van der Waals surface area (Å²) in [5.74, 6) is 0.137. The van der Waals surface area contributed by atoms with Gasteiger partial charge in [0.2, 0.25) is 5.95 Å². The molecule has 1 aromatic rings. The van der Waals surface area contributed by atoms with Crippen molar-refractivity contribution in [1.82, 2.24) is 9.97 Å². The average molecular weight is 197 g/mol. The van der Waals surface area contributed by atoms with Crippen molar-refractivity contribution in [2.24, 2.45) is 0 Å². The van der Waals surface area contributed by atoms with Gasteiger partial charge < -0.3 is 5.32 Å². The van der Waals surface area contributed by atoms with E-state index in [1.165, 1.54) is 6.20 Å². The van der Waals surface area contributed by atoms with Crippen LogP contribution in [0.5, 0.6) is 0 Å². The maximum absolute atomic E-state index is 13.4. The lowest BCUT2D eigenvalue weighted by Gasteiger charge is -2.18. The molecule has 0 aliphatic carbocycles. The van der Waals surface area contributed by atoms with Crippen molar-refractivity contribution >= 4 is 5.95 Å². The Morgan fingerprint density at radius 3 is 2.57 bits per heavy atom. The lowest BCUT2D eigenvalue weighted by Crippen LogP contribution is -2.18. The highest BCUT2D eigenvalue weighted by Gasteiger charge is 2.21. The predicted molar refractivity (Wildman–Crippen MR) is 54.9 cm³/mol. The molecule has 0 fully saturated rings. The van der Waals surface area contributed by atoms with Crippen molar-refractivity contribution < 1.29 is 4.39 Å². The predicted octanol–water partition coefficient (Wildman–Crippen LogP) is 2.34. The number of hydrogen-bond acceptors (Lipinski definition) is 3. The lowest BCUT2D eigenvalue weighted by molar-refractivity contribution is 0.499. The number of nitrogens with zero attached hydrogens (tertiary/aromatic N) is 2. The van der Waals surface area contributed by atoms with E-state index >= 15 is 0 Å². The molecular formula is C10H16FN3. The zero-order valence-corrected chi connectivity index (χ0v) is 9.06. The standard InChI is InChI=1S/C10H16FN3/c1-5-12-9-13-6-7(11)8(14-9)10(2,3)4/h6H,5H2,1-4H3,(H,12,13,14). The Morgan fingerprint density at radius 2 is 2.07 bits per heavy atom. The molecule has 1 heterocycles. The third-order valence-electron chi connectivity index (χ3n) is 1.79. The SMILES string of the molecule is CCNc1ncc(F)c(C(C)(C)C)n1. The molecule has 0 bridgehead atoms. The lowest BCUT2D eigenvalue weighted by atomic mass is 9.92. The molecule has 1 aromatic heterocycles. The first kappa shape index (κ1) is 10.9. The van der Waals surface area contributed by atoms with E-state index in [4.69, 9.17) is 0 Å². The van der Waals surface area contributed by atoms with Gasteiger partial charge in [-0.05, 0) is 6.92 Å². The van der Waals surface area contributed by atoms with Crippen molar-refractivity contribution in [2.75, 3.05) is 11.9 Å². The molecule has 0 saturated carbocycles. The Labute approximate surface area is 83.8 Å². The highest BCUT2D eigenvalue weighted by atomic mass is 19.1. The van der Waals surface area contributed by atoms with Gasteiger partial charge in [0.25, 0.3) is 0 Å². The van der Waals surface area contributed by atoms with Crippen molar-refractivity contribution in [3.8, 4) is 0 Å². The monoisotopic (exact) mass is 197 g/mol. The second-order valence-electron chi connectivity index (χ2n) is 4.17. The van der Waals surface area contributed by atoms with Crippen LogP contribution in [-0.2, 0) is 5.41 Å². The quantitative estimate of drug-likeness (QED) is 0.790. The number of rotatable bonds is 2. The first-order chi connectivity index (χ1) is 6.45. The highest BCUT2D eigenvalue weighted by molar-refractivity contribution is 5.28. The molecule has 3 nitrogen and oxygen atoms in total. The molecule has 0 aromatic carbocycles. The Bertz CT molecular complexity index is 318. The van der Waals surface area contributed by atoms with Gasteiger partial charge in [-0.15, -0.1) is 0 Å². The minimum absolute atomic E-state index is 0.294. The maximum atomic E-state index is 13.4. The molecule has 0 aliphatic heterocycles. The van der Waals surface area contributed by atoms with Gasteiger partial charge in [0, 0.05) is 12.0 Å². The third-order valence-corrected chi connectivity index (χ3v) is 1.79. The molecule has 0 unspecified atom stereocenters. The van der Waals surface area contributed by atoms with Gasteiger partial charge in [-0.3, -0.25) is 0 Å². The van der Waals surface area contributed by atoms with Crippen LogP contribution in [0.2, 0.25) is 0 Å². The van der Waals surface area contributed by atoms with E-state index in [2.05, 4.69) is 15.3 Å². The Hall–Kier alpha value is -1.19. The minimum Gasteiger partial charge on any atom is -0.354 e. The fourth-order valence-corrected chi connectivity index (χ4v) is 1.14. The number of nitrogens with one attached hydrogen (secondary N) is 1. The van der Waals surface area contributed by atoms with Crippen LogP contribution in [0.1, 0.15) is 33.4 Å². The van der Waals surface area contributed by atoms with Crippen molar-refractivity contribution in [3.63, 3.8) is 0 Å². The smallest absolute Gasteiger partial charge is 0.223 e. The zero-order chi connectivity index (χ0) is 10.8. The summed E-state index contributed by atoms with van der Waals surface area (Å²) in [6, 6.07) is 0. The number of halogens is 1. The average Bonchev–Trinajstić information content (AvgIpc) is 2.07. The molecule has 0 aliphatic rings. The molecule has 0 spiro atoms. The fourth-order valence-electron chi connectivity index (χ4n) is 1.14. The van der Waals surface area contributed by atoms with Crippen LogP contribution < -0.4 is 5.32 Å². The third kappa shape index (κ3) is 2.40. The summed E-state index contributed by atoms with van der Waals surface area (Å²) in [4.78, 5) is 7.98. The number of aromatic nitrogens is 2. The van der Waals surface area contributed by atoms with Crippen LogP contribution in [0.4, 0.5) is 10.3 Å². The Morgan fingerprint density at radius 1 is 1.43 bits per heavy atom. The van der Waals surface area contributed by atoms with Crippen molar-refractivity contribution in [2.45, 2.75) is 33.1 Å². The van der Waals surface area contributed by atoms with Gasteiger partial charge >= 0.3 is 0 Å². The summed E-state index contributed by atoms with van der Waals surface area (Å²) >= 11 is 0. The number of anilines is 1. The van der Waals surface area contributed by atoms with Crippen LogP contribution in [0.3, 0.4) is 0 Å². The summed E-state index contributed by atoms with van der Waals surface area (Å²) in [5, 5.41) is 2.96. The fraction of sp³-hybridized carbons (Fsp3) is 0.600. The molecule has 0 amide bonds. The topological polar surface area (TPSA) is 37.8 Å². The van der Waals surface area contributed by atoms with E-state index in [-0.39, 0.29) is 11.2 Å². The van der Waals surface area contributed by atoms with Gasteiger partial charge in [-0.25, -0.2) is 14.4 Å². The summed E-state index contributed by atoms with van der Waals surface area (Å²) in [5.41, 5.74) is 0.153. The Kier molecular flexibility index (Phi) is 3.03. The molecule has 0 radical (unpaired) electrons. The largest absolute Gasteiger partial charge is 0.354 e. The van der Waals surface area contributed by atoms with Crippen LogP contribution in [0, 0.1) is 5.82 Å². The van der Waals surface area contributed by atoms with E-state index in [9.17, 15) is 4.39 Å². The van der Waals surface area contributed by atoms with E-state index < -0.39 is 0 Å². The summed E-state index contributed by atoms with van der Waals surface area (Å²) in [6.45, 7) is 8.45. The molecular weight excluding hydrogens is 181 g/mol. The van der Waals surface area contributed by atoms with Crippen LogP contribution in [0.25, 0.3) is 0 Å². The van der Waals surface area contributed by atoms with E-state index in [1.807, 2.05) is 27.7 Å². The van der Waals surface area contributed by atoms with Gasteiger partial charge in [-0.2, -0.15) is 0 Å². The zero-order valence-electron chi connectivity index (χ0n) is 9.06. The summed E-state index contributed by atoms with van der Waals surface area (Å²) < 4.78 is 13.4. The van der Waals surface area contributed by atoms with Crippen molar-refractivity contribution in [1.29, 1.82) is 0 Å². The first-order valence-corrected chi connectivity index (χ1v) is 4.72. The molecule has 4 heteroatoms. The molecule has 1 N–H and O–H groups in total. The second-order valence-corrected chi connectivity index (χ2v) is 4.17. The highest BCUT2D eigenvalue weighted by Crippen LogP contribution is 2.23. The minimum atomic E-state index is -0.348. The molecule has 14 heavy (non-hydrogen) atoms. The summed E-state index contributed by atoms with van der Waals surface area (Å²) in [6.07, 6.45) is 1.21. The van der Waals surface area contributed by atoms with Crippen molar-refractivity contribution in [3.05, 3.63) is 17.7 Å². The van der Waals surface area contributed by atoms with Gasteiger partial charge in [0.15, 0.2) is 5.82 Å². The Balaban J connectivity index is 3.09. The molecule has 78 valence electrons. The second kappa shape index (κ2) is 3.90. The van der Waals surface area contributed by atoms with Crippen LogP contribution >= 0.6 is 0 Å². The van der Waals surface area contributed by atoms with E-state index in [0.29, 0.717) is 11.6 Å². The normalized spacial score (nSPS) is 11.5. The van der Waals surface area contributed by atoms with Gasteiger partial charge in [-0.1, -0.05) is 20.8 Å². The van der Waals surface area contributed by atoms with Crippen LogP contribution in [0.15, 0.2) is 6.20 Å². The van der Waals surface area contributed by atoms with Gasteiger partial charge in [0.1, 0.15) is 0 Å².